The van der Waals surface area contributed by atoms with Gasteiger partial charge < -0.3 is 0 Å². The molecule has 152 valence electrons. The number of likely N-dealkylation sites (tertiary alicyclic amines) is 1. The fourth-order valence-corrected chi connectivity index (χ4v) is 3.88. The molecule has 1 aliphatic heterocycles. The van der Waals surface area contributed by atoms with Gasteiger partial charge >= 0.3 is 0 Å². The number of carbonyl (C=O) groups excluding carboxylic acids is 1. The first kappa shape index (κ1) is 22.6. The molecule has 1 saturated heterocycles. The van der Waals surface area contributed by atoms with Crippen molar-refractivity contribution in [2.45, 2.75) is 19.4 Å². The number of carbonyl (C=O) groups is 1. The molecule has 1 atom stereocenters. The molecule has 2 heteroatoms. The average molecular weight is 396 g/mol. The second kappa shape index (κ2) is 10.2. The molecule has 0 spiro atoms. The number of hydrogen-bond donors (Lipinski definition) is 0. The quantitative estimate of drug-likeness (QED) is 0.353. The second-order valence-corrected chi connectivity index (χ2v) is 6.68. The summed E-state index contributed by atoms with van der Waals surface area (Å²) >= 11 is 0. The lowest BCUT2D eigenvalue weighted by Gasteiger charge is -2.41. The van der Waals surface area contributed by atoms with Crippen molar-refractivity contribution in [3.63, 3.8) is 0 Å². The summed E-state index contributed by atoms with van der Waals surface area (Å²) in [4.78, 5) is 15.6. The van der Waals surface area contributed by atoms with Gasteiger partial charge in [-0.15, -0.1) is 0 Å². The van der Waals surface area contributed by atoms with E-state index in [0.29, 0.717) is 5.57 Å². The van der Waals surface area contributed by atoms with E-state index in [2.05, 4.69) is 26.3 Å². The molecule has 1 amide bonds. The smallest absolute Gasteiger partial charge is 0.259 e. The van der Waals surface area contributed by atoms with Crippen molar-refractivity contribution >= 4 is 5.91 Å². The predicted molar refractivity (Wildman–Crippen MR) is 129 cm³/mol. The molecule has 2 rings (SSSR count). The van der Waals surface area contributed by atoms with Crippen LogP contribution in [-0.4, -0.2) is 10.8 Å². The average Bonchev–Trinajstić information content (AvgIpc) is 2.99. The van der Waals surface area contributed by atoms with Crippen molar-refractivity contribution in [3.8, 4) is 0 Å². The fourth-order valence-electron chi connectivity index (χ4n) is 3.88. The normalized spacial score (nSPS) is 22.4. The van der Waals surface area contributed by atoms with E-state index in [-0.39, 0.29) is 5.91 Å². The Kier molecular flexibility index (Phi) is 7.71. The Bertz CT molecular complexity index is 998. The summed E-state index contributed by atoms with van der Waals surface area (Å²) in [5, 5.41) is 0. The number of hydrogen-bond acceptors (Lipinski definition) is 1. The minimum absolute atomic E-state index is 0.126. The molecule has 1 aliphatic rings. The van der Waals surface area contributed by atoms with Crippen molar-refractivity contribution in [1.29, 1.82) is 0 Å². The minimum atomic E-state index is -0.929. The first-order valence-corrected chi connectivity index (χ1v) is 9.88. The molecule has 0 N–H and O–H groups in total. The van der Waals surface area contributed by atoms with Crippen molar-refractivity contribution in [2.75, 3.05) is 0 Å². The Balaban J connectivity index is 3.08. The Hall–Kier alpha value is -3.65. The Morgan fingerprint density at radius 3 is 2.17 bits per heavy atom. The van der Waals surface area contributed by atoms with Crippen LogP contribution in [0.5, 0.6) is 0 Å². The molecule has 1 aromatic rings. The molecule has 1 heterocycles. The Labute approximate surface area is 180 Å². The van der Waals surface area contributed by atoms with E-state index in [4.69, 9.17) is 0 Å². The van der Waals surface area contributed by atoms with Crippen molar-refractivity contribution < 1.29 is 4.79 Å². The van der Waals surface area contributed by atoms with E-state index in [1.54, 1.807) is 29.2 Å². The number of rotatable bonds is 8. The van der Waals surface area contributed by atoms with Gasteiger partial charge in [0.15, 0.2) is 0 Å². The Morgan fingerprint density at radius 2 is 1.63 bits per heavy atom. The van der Waals surface area contributed by atoms with Gasteiger partial charge in [0.1, 0.15) is 5.54 Å². The number of benzene rings is 1. The monoisotopic (exact) mass is 395 g/mol. The molecule has 2 nitrogen and oxygen atoms in total. The molecule has 0 bridgehead atoms. The van der Waals surface area contributed by atoms with Gasteiger partial charge in [-0.25, -0.2) is 0 Å². The van der Waals surface area contributed by atoms with Crippen LogP contribution in [0.3, 0.4) is 0 Å². The highest BCUT2D eigenvalue weighted by atomic mass is 16.2. The Morgan fingerprint density at radius 1 is 0.967 bits per heavy atom. The zero-order valence-corrected chi connectivity index (χ0v) is 17.8. The second-order valence-electron chi connectivity index (χ2n) is 6.68. The lowest BCUT2D eigenvalue weighted by Crippen LogP contribution is -2.44. The van der Waals surface area contributed by atoms with Gasteiger partial charge in [0, 0.05) is 11.3 Å². The molecule has 1 aromatic carbocycles. The van der Waals surface area contributed by atoms with Crippen LogP contribution in [0.2, 0.25) is 0 Å². The molecule has 0 aliphatic carbocycles. The van der Waals surface area contributed by atoms with Crippen LogP contribution < -0.4 is 0 Å². The van der Waals surface area contributed by atoms with E-state index in [1.165, 1.54) is 0 Å². The molecule has 1 fully saturated rings. The largest absolute Gasteiger partial charge is 0.290 e. The van der Waals surface area contributed by atoms with Crippen molar-refractivity contribution in [2.24, 2.45) is 0 Å². The molecular formula is C28H29NO. The van der Waals surface area contributed by atoms with Gasteiger partial charge in [0.2, 0.25) is 0 Å². The van der Waals surface area contributed by atoms with Crippen LogP contribution in [0.4, 0.5) is 0 Å². The molecule has 0 radical (unpaired) electrons. The molecular weight excluding hydrogens is 366 g/mol. The van der Waals surface area contributed by atoms with E-state index in [0.717, 1.165) is 22.4 Å². The third kappa shape index (κ3) is 3.77. The van der Waals surface area contributed by atoms with Gasteiger partial charge in [-0.3, -0.25) is 9.69 Å². The highest BCUT2D eigenvalue weighted by Gasteiger charge is 2.55. The van der Waals surface area contributed by atoms with Crippen molar-refractivity contribution in [1.82, 2.24) is 4.90 Å². The third-order valence-electron chi connectivity index (χ3n) is 5.00. The zero-order valence-electron chi connectivity index (χ0n) is 17.8. The van der Waals surface area contributed by atoms with Crippen LogP contribution in [0.25, 0.3) is 0 Å². The zero-order chi connectivity index (χ0) is 22.1. The lowest BCUT2D eigenvalue weighted by molar-refractivity contribution is -0.125. The maximum atomic E-state index is 13.8. The molecule has 0 aromatic heterocycles. The van der Waals surface area contributed by atoms with Crippen LogP contribution in [0.15, 0.2) is 140 Å². The maximum Gasteiger partial charge on any atom is 0.259 e. The summed E-state index contributed by atoms with van der Waals surface area (Å²) in [5.74, 6) is -0.126. The fraction of sp³-hybridized carbons (Fsp3) is 0.107. The van der Waals surface area contributed by atoms with Crippen LogP contribution in [0.1, 0.15) is 19.4 Å². The first-order chi connectivity index (χ1) is 14.5. The van der Waals surface area contributed by atoms with Crippen LogP contribution in [-0.2, 0) is 10.3 Å². The highest BCUT2D eigenvalue weighted by molar-refractivity contribution is 6.06. The topological polar surface area (TPSA) is 20.3 Å². The standard InChI is InChI=1S/C28H29NO/c1-7-12-21-24(11-5)29-27(30)25(17-9-3)26(18-10-4)28(29,22(6)16-8-2)23-19-14-13-15-20-23/h7-21H,1,3-4,6H2,2,5H3/b16-8-,21-12-,24-11+,25-17+,26-18+. The van der Waals surface area contributed by atoms with Gasteiger partial charge in [0.05, 0.1) is 0 Å². The number of amides is 1. The molecule has 1 unspecified atom stereocenters. The molecule has 30 heavy (non-hydrogen) atoms. The molecule has 0 saturated carbocycles. The van der Waals surface area contributed by atoms with Crippen LogP contribution >= 0.6 is 0 Å². The van der Waals surface area contributed by atoms with Gasteiger partial charge in [-0.05, 0) is 42.7 Å². The third-order valence-corrected chi connectivity index (χ3v) is 5.00. The number of allylic oxidation sites excluding steroid dienone is 9. The SMILES string of the molecule is C=C/C=C\C(=C/C)N1C(=O)C(=C/C=C)/C(=C\C=C)C1(C(=C)/C=C\C)c1ccccc1. The summed E-state index contributed by atoms with van der Waals surface area (Å²) < 4.78 is 0. The van der Waals surface area contributed by atoms with Crippen molar-refractivity contribution in [3.05, 3.63) is 145 Å². The summed E-state index contributed by atoms with van der Waals surface area (Å²) in [6, 6.07) is 9.94. The predicted octanol–water partition coefficient (Wildman–Crippen LogP) is 6.73. The highest BCUT2D eigenvalue weighted by Crippen LogP contribution is 2.53. The van der Waals surface area contributed by atoms with Gasteiger partial charge in [0.25, 0.3) is 5.91 Å². The summed E-state index contributed by atoms with van der Waals surface area (Å²) in [5.41, 5.74) is 2.90. The lowest BCUT2D eigenvalue weighted by atomic mass is 9.75. The van der Waals surface area contributed by atoms with Gasteiger partial charge in [-0.2, -0.15) is 0 Å². The summed E-state index contributed by atoms with van der Waals surface area (Å²) in [7, 11) is 0. The van der Waals surface area contributed by atoms with E-state index in [1.807, 2.05) is 80.6 Å². The first-order valence-electron chi connectivity index (χ1n) is 9.88. The van der Waals surface area contributed by atoms with E-state index < -0.39 is 5.54 Å². The maximum absolute atomic E-state index is 13.8. The summed E-state index contributed by atoms with van der Waals surface area (Å²) in [6.07, 6.45) is 18.2. The minimum Gasteiger partial charge on any atom is -0.290 e. The van der Waals surface area contributed by atoms with E-state index >= 15 is 0 Å². The van der Waals surface area contributed by atoms with E-state index in [9.17, 15) is 4.79 Å². The van der Waals surface area contributed by atoms with Gasteiger partial charge in [-0.1, -0.05) is 105 Å². The number of nitrogens with zero attached hydrogens (tertiary/aromatic N) is 1. The summed E-state index contributed by atoms with van der Waals surface area (Å²) in [6.45, 7) is 19.7. The van der Waals surface area contributed by atoms with Crippen LogP contribution in [0, 0.1) is 0 Å².